The van der Waals surface area contributed by atoms with Crippen LogP contribution in [0, 0.1) is 0 Å². The van der Waals surface area contributed by atoms with E-state index in [0.29, 0.717) is 0 Å². The van der Waals surface area contributed by atoms with Crippen molar-refractivity contribution in [1.29, 1.82) is 0 Å². The molecule has 0 amide bonds. The molecule has 0 aliphatic carbocycles. The monoisotopic (exact) mass is 280 g/mol. The Morgan fingerprint density at radius 1 is 1.47 bits per heavy atom. The van der Waals surface area contributed by atoms with Crippen LogP contribution < -0.4 is 0 Å². The summed E-state index contributed by atoms with van der Waals surface area (Å²) in [7, 11) is -5.02. The fraction of sp³-hybridized carbons (Fsp3) is 0.500. The van der Waals surface area contributed by atoms with E-state index in [9.17, 15) is 14.5 Å². The fourth-order valence-corrected chi connectivity index (χ4v) is 1.42. The normalized spacial score (nSPS) is 21.9. The van der Waals surface area contributed by atoms with E-state index < -0.39 is 44.1 Å². The van der Waals surface area contributed by atoms with Crippen molar-refractivity contribution in [2.75, 3.05) is 6.61 Å². The van der Waals surface area contributed by atoms with Gasteiger partial charge in [0, 0.05) is 0 Å². The molecule has 1 aliphatic heterocycles. The first kappa shape index (κ1) is 16.9. The number of hydrogen-bond donors (Lipinski definition) is 5. The van der Waals surface area contributed by atoms with Crippen LogP contribution in [-0.2, 0) is 18.6 Å². The van der Waals surface area contributed by atoms with Gasteiger partial charge in [0.05, 0.1) is 6.61 Å². The molecule has 9 nitrogen and oxygen atoms in total. The maximum absolute atomic E-state index is 11.0. The quantitative estimate of drug-likeness (QED) is 0.213. The Balaban J connectivity index is 0.00000256. The molecule has 17 heavy (non-hydrogen) atoms. The minimum atomic E-state index is -5.02. The van der Waals surface area contributed by atoms with Crippen LogP contribution in [0.5, 0.6) is 0 Å². The molecule has 0 spiro atoms. The second-order valence-electron chi connectivity index (χ2n) is 2.87. The molecule has 0 radical (unpaired) electrons. The number of aliphatic hydroxyl groups is 3. The summed E-state index contributed by atoms with van der Waals surface area (Å²) in [6, 6.07) is 0. The number of carbonyl (C=O) groups is 1. The van der Waals surface area contributed by atoms with Crippen LogP contribution in [0.15, 0.2) is 11.5 Å². The summed E-state index contributed by atoms with van der Waals surface area (Å²) >= 11 is 0. The summed E-state index contributed by atoms with van der Waals surface area (Å²) < 4.78 is 18.7. The fourth-order valence-electron chi connectivity index (χ4n) is 1.02. The zero-order valence-electron chi connectivity index (χ0n) is 7.68. The number of esters is 1. The topological polar surface area (TPSA) is 154 Å². The zero-order chi connectivity index (χ0) is 12.5. The molecule has 0 saturated carbocycles. The Labute approximate surface area is 117 Å². The molecule has 0 bridgehead atoms. The third-order valence-corrected chi connectivity index (χ3v) is 2.09. The van der Waals surface area contributed by atoms with Gasteiger partial charge >= 0.3 is 43.3 Å². The molecule has 1 aliphatic rings. The molecule has 2 atom stereocenters. The molecule has 5 N–H and O–H groups in total. The van der Waals surface area contributed by atoms with Crippen LogP contribution in [0.1, 0.15) is 0 Å². The van der Waals surface area contributed by atoms with Crippen molar-refractivity contribution in [2.24, 2.45) is 0 Å². The Morgan fingerprint density at radius 3 is 2.41 bits per heavy atom. The van der Waals surface area contributed by atoms with Crippen LogP contribution >= 0.6 is 7.82 Å². The standard InChI is InChI=1S/C6H9O9P.Na.H/c7-1-2(8)4-3(9)5(6(10)14-4)15-16(11,12)13;;/h2,4,7-9H,1H2,(H2,11,12,13);;/t2-,4+;;/m0../s1. The van der Waals surface area contributed by atoms with Gasteiger partial charge in [0.2, 0.25) is 0 Å². The van der Waals surface area contributed by atoms with Gasteiger partial charge in [-0.15, -0.1) is 0 Å². The number of carbonyl (C=O) groups excluding carboxylic acids is 1. The van der Waals surface area contributed by atoms with Crippen molar-refractivity contribution in [3.63, 3.8) is 0 Å². The Kier molecular flexibility index (Phi) is 6.12. The van der Waals surface area contributed by atoms with E-state index >= 15 is 0 Å². The molecule has 1 heterocycles. The van der Waals surface area contributed by atoms with Crippen molar-refractivity contribution in [2.45, 2.75) is 12.2 Å². The van der Waals surface area contributed by atoms with Crippen molar-refractivity contribution in [3.8, 4) is 0 Å². The summed E-state index contributed by atoms with van der Waals surface area (Å²) in [4.78, 5) is 27.8. The number of phosphoric acid groups is 1. The predicted molar refractivity (Wildman–Crippen MR) is 52.9 cm³/mol. The number of rotatable bonds is 4. The minimum absolute atomic E-state index is 0. The summed E-state index contributed by atoms with van der Waals surface area (Å²) in [5, 5.41) is 26.9. The second-order valence-corrected chi connectivity index (χ2v) is 4.04. The Morgan fingerprint density at radius 2 is 2.00 bits per heavy atom. The molecule has 0 saturated heterocycles. The number of aliphatic hydroxyl groups excluding tert-OH is 3. The van der Waals surface area contributed by atoms with Crippen LogP contribution in [-0.4, -0.2) is 79.4 Å². The van der Waals surface area contributed by atoms with E-state index in [1.165, 1.54) is 0 Å². The van der Waals surface area contributed by atoms with Gasteiger partial charge in [-0.1, -0.05) is 0 Å². The molecular formula is C6H10NaO9P. The summed E-state index contributed by atoms with van der Waals surface area (Å²) in [5.74, 6) is -3.39. The van der Waals surface area contributed by atoms with Gasteiger partial charge in [-0.3, -0.25) is 9.79 Å². The van der Waals surface area contributed by atoms with Crippen LogP contribution in [0.4, 0.5) is 0 Å². The van der Waals surface area contributed by atoms with Gasteiger partial charge in [0.1, 0.15) is 6.10 Å². The molecule has 94 valence electrons. The molecule has 1 rings (SSSR count). The van der Waals surface area contributed by atoms with Gasteiger partial charge < -0.3 is 24.6 Å². The number of ether oxygens (including phenoxy) is 1. The Bertz CT molecular complexity index is 374. The third-order valence-electron chi connectivity index (χ3n) is 1.67. The predicted octanol–water partition coefficient (Wildman–Crippen LogP) is -2.50. The van der Waals surface area contributed by atoms with Crippen molar-refractivity contribution >= 4 is 43.3 Å². The number of hydrogen-bond acceptors (Lipinski definition) is 7. The Hall–Kier alpha value is -0.120. The van der Waals surface area contributed by atoms with Gasteiger partial charge in [-0.2, -0.15) is 0 Å². The van der Waals surface area contributed by atoms with Gasteiger partial charge in [0.15, 0.2) is 11.9 Å². The second kappa shape index (κ2) is 6.17. The zero-order valence-corrected chi connectivity index (χ0v) is 8.57. The molecule has 11 heteroatoms. The van der Waals surface area contributed by atoms with E-state index in [1.54, 1.807) is 0 Å². The first-order valence-electron chi connectivity index (χ1n) is 3.94. The average Bonchev–Trinajstić information content (AvgIpc) is 2.42. The first-order chi connectivity index (χ1) is 7.26. The maximum atomic E-state index is 11.0. The van der Waals surface area contributed by atoms with E-state index in [0.717, 1.165) is 0 Å². The third kappa shape index (κ3) is 4.23. The van der Waals surface area contributed by atoms with E-state index in [4.69, 9.17) is 20.0 Å². The van der Waals surface area contributed by atoms with E-state index in [-0.39, 0.29) is 29.6 Å². The molecule has 0 aromatic rings. The molecular weight excluding hydrogens is 270 g/mol. The average molecular weight is 280 g/mol. The SMILES string of the molecule is O=C1O[C@H]([C@@H](O)CO)C(O)=C1OP(=O)(O)O.[NaH]. The van der Waals surface area contributed by atoms with E-state index in [2.05, 4.69) is 9.26 Å². The van der Waals surface area contributed by atoms with Gasteiger partial charge in [0.25, 0.3) is 5.76 Å². The summed E-state index contributed by atoms with van der Waals surface area (Å²) in [5.41, 5.74) is 0. The van der Waals surface area contributed by atoms with Crippen LogP contribution in [0.25, 0.3) is 0 Å². The van der Waals surface area contributed by atoms with Crippen molar-refractivity contribution in [1.82, 2.24) is 0 Å². The van der Waals surface area contributed by atoms with E-state index in [1.807, 2.05) is 0 Å². The van der Waals surface area contributed by atoms with Crippen LogP contribution in [0.3, 0.4) is 0 Å². The van der Waals surface area contributed by atoms with Gasteiger partial charge in [-0.25, -0.2) is 9.36 Å². The molecule has 0 aromatic heterocycles. The molecule has 0 unspecified atom stereocenters. The number of phosphoric ester groups is 1. The van der Waals surface area contributed by atoms with Crippen molar-refractivity contribution < 1.29 is 43.7 Å². The molecule has 0 aromatic carbocycles. The summed E-state index contributed by atoms with van der Waals surface area (Å²) in [6.45, 7) is -0.814. The number of cyclic esters (lactones) is 1. The van der Waals surface area contributed by atoms with Crippen LogP contribution in [0.2, 0.25) is 0 Å². The summed E-state index contributed by atoms with van der Waals surface area (Å²) in [6.07, 6.45) is -3.21. The first-order valence-corrected chi connectivity index (χ1v) is 5.47. The molecule has 0 fully saturated rings. The van der Waals surface area contributed by atoms with Gasteiger partial charge in [-0.05, 0) is 0 Å². The van der Waals surface area contributed by atoms with Crippen molar-refractivity contribution in [3.05, 3.63) is 11.5 Å².